The summed E-state index contributed by atoms with van der Waals surface area (Å²) >= 11 is 0. The number of aromatic nitrogens is 2. The van der Waals surface area contributed by atoms with E-state index < -0.39 is 0 Å². The van der Waals surface area contributed by atoms with E-state index in [-0.39, 0.29) is 17.7 Å². The Balaban J connectivity index is 1.89. The molecule has 1 saturated heterocycles. The molecule has 2 N–H and O–H groups in total. The maximum Gasteiger partial charge on any atom is 0.246 e. The van der Waals surface area contributed by atoms with Crippen LogP contribution in [0, 0.1) is 0 Å². The molecule has 8 nitrogen and oxygen atoms in total. The average molecular weight is 424 g/mol. The van der Waals surface area contributed by atoms with E-state index in [1.54, 1.807) is 29.2 Å². The maximum atomic E-state index is 13.4. The van der Waals surface area contributed by atoms with Gasteiger partial charge >= 0.3 is 0 Å². The molecular formula is C23H29N5O3. The van der Waals surface area contributed by atoms with E-state index in [1.807, 2.05) is 13.8 Å². The van der Waals surface area contributed by atoms with Crippen molar-refractivity contribution >= 4 is 23.3 Å². The molecule has 0 spiro atoms. The van der Waals surface area contributed by atoms with Crippen LogP contribution >= 0.6 is 0 Å². The van der Waals surface area contributed by atoms with Gasteiger partial charge in [0.25, 0.3) is 0 Å². The van der Waals surface area contributed by atoms with Gasteiger partial charge in [-0.2, -0.15) is 0 Å². The average Bonchev–Trinajstić information content (AvgIpc) is 2.79. The number of hydrogen-bond donors (Lipinski definition) is 2. The molecule has 31 heavy (non-hydrogen) atoms. The number of anilines is 2. The van der Waals surface area contributed by atoms with E-state index >= 15 is 0 Å². The van der Waals surface area contributed by atoms with Gasteiger partial charge in [-0.15, -0.1) is 0 Å². The van der Waals surface area contributed by atoms with Crippen molar-refractivity contribution in [2.75, 3.05) is 36.9 Å². The summed E-state index contributed by atoms with van der Waals surface area (Å²) in [6, 6.07) is 7.02. The van der Waals surface area contributed by atoms with Gasteiger partial charge in [-0.25, -0.2) is 9.97 Å². The predicted molar refractivity (Wildman–Crippen MR) is 121 cm³/mol. The Morgan fingerprint density at radius 3 is 2.65 bits per heavy atom. The first-order valence-electron chi connectivity index (χ1n) is 10.6. The molecule has 0 aliphatic carbocycles. The molecule has 1 aromatic heterocycles. The summed E-state index contributed by atoms with van der Waals surface area (Å²) in [4.78, 5) is 35.8. The third-order valence-corrected chi connectivity index (χ3v) is 5.09. The molecule has 1 atom stereocenters. The number of ketones is 1. The number of ether oxygens (including phenoxy) is 1. The Morgan fingerprint density at radius 2 is 1.97 bits per heavy atom. The van der Waals surface area contributed by atoms with Gasteiger partial charge in [0, 0.05) is 31.2 Å². The highest BCUT2D eigenvalue weighted by atomic mass is 16.5. The lowest BCUT2D eigenvalue weighted by Crippen LogP contribution is -2.44. The second-order valence-corrected chi connectivity index (χ2v) is 7.23. The van der Waals surface area contributed by atoms with Gasteiger partial charge in [-0.1, -0.05) is 6.58 Å². The summed E-state index contributed by atoms with van der Waals surface area (Å²) in [5, 5.41) is 6.53. The first-order chi connectivity index (χ1) is 15.1. The van der Waals surface area contributed by atoms with Crippen LogP contribution in [0.5, 0.6) is 5.75 Å². The summed E-state index contributed by atoms with van der Waals surface area (Å²) < 4.78 is 5.47. The molecule has 0 radical (unpaired) electrons. The highest BCUT2D eigenvalue weighted by molar-refractivity contribution is 6.14. The second-order valence-electron chi connectivity index (χ2n) is 7.23. The zero-order valence-electron chi connectivity index (χ0n) is 18.1. The molecule has 0 bridgehead atoms. The van der Waals surface area contributed by atoms with Crippen molar-refractivity contribution in [3.63, 3.8) is 0 Å². The van der Waals surface area contributed by atoms with Gasteiger partial charge in [-0.3, -0.25) is 9.59 Å². The van der Waals surface area contributed by atoms with Crippen LogP contribution in [0.4, 0.5) is 11.6 Å². The standard InChI is InChI=1S/C23H29N5O3/c1-4-19(29)28-13-7-8-17(14-28)27-23-20(22(24-5-2)25-15-26-23)21(30)16-9-11-18(12-10-16)31-6-3/h4,9-12,15,17H,1,5-8,13-14H2,2-3H3,(H2,24,25,26,27)/t17-/m1/s1. The summed E-state index contributed by atoms with van der Waals surface area (Å²) in [5.41, 5.74) is 0.910. The van der Waals surface area contributed by atoms with Gasteiger partial charge in [0.05, 0.1) is 6.61 Å². The summed E-state index contributed by atoms with van der Waals surface area (Å²) in [5.74, 6) is 1.38. The molecule has 1 aromatic carbocycles. The lowest BCUT2D eigenvalue weighted by Gasteiger charge is -2.33. The van der Waals surface area contributed by atoms with Crippen molar-refractivity contribution in [3.05, 3.63) is 54.4 Å². The number of piperidine rings is 1. The third-order valence-electron chi connectivity index (χ3n) is 5.09. The number of nitrogens with zero attached hydrogens (tertiary/aromatic N) is 3. The van der Waals surface area contributed by atoms with Crippen LogP contribution in [0.1, 0.15) is 42.6 Å². The molecule has 3 rings (SSSR count). The van der Waals surface area contributed by atoms with Crippen molar-refractivity contribution < 1.29 is 14.3 Å². The van der Waals surface area contributed by atoms with Crippen LogP contribution in [0.2, 0.25) is 0 Å². The lowest BCUT2D eigenvalue weighted by atomic mass is 10.0. The first-order valence-corrected chi connectivity index (χ1v) is 10.6. The smallest absolute Gasteiger partial charge is 0.246 e. The normalized spacial score (nSPS) is 15.8. The molecule has 1 aliphatic heterocycles. The molecular weight excluding hydrogens is 394 g/mol. The number of hydrogen-bond acceptors (Lipinski definition) is 7. The minimum absolute atomic E-state index is 0.0195. The summed E-state index contributed by atoms with van der Waals surface area (Å²) in [6.45, 7) is 9.84. The van der Waals surface area contributed by atoms with E-state index in [1.165, 1.54) is 12.4 Å². The molecule has 0 saturated carbocycles. The minimum atomic E-state index is -0.183. The molecule has 0 unspecified atom stereocenters. The van der Waals surface area contributed by atoms with E-state index in [0.29, 0.717) is 54.8 Å². The van der Waals surface area contributed by atoms with Gasteiger partial charge in [0.1, 0.15) is 29.3 Å². The molecule has 1 amide bonds. The monoisotopic (exact) mass is 423 g/mol. The van der Waals surface area contributed by atoms with Gasteiger partial charge in [0.15, 0.2) is 5.78 Å². The fourth-order valence-electron chi connectivity index (χ4n) is 3.64. The first kappa shape index (κ1) is 22.3. The fraction of sp³-hybridized carbons (Fsp3) is 0.391. The predicted octanol–water partition coefficient (Wildman–Crippen LogP) is 3.13. The largest absolute Gasteiger partial charge is 0.494 e. The van der Waals surface area contributed by atoms with Gasteiger partial charge in [0.2, 0.25) is 5.91 Å². The molecule has 1 fully saturated rings. The van der Waals surface area contributed by atoms with Crippen LogP contribution in [-0.4, -0.2) is 58.8 Å². The fourth-order valence-corrected chi connectivity index (χ4v) is 3.64. The highest BCUT2D eigenvalue weighted by Crippen LogP contribution is 2.26. The van der Waals surface area contributed by atoms with Crippen LogP contribution in [-0.2, 0) is 4.79 Å². The number of benzene rings is 1. The van der Waals surface area contributed by atoms with Crippen molar-refractivity contribution in [1.82, 2.24) is 14.9 Å². The number of amides is 1. The number of likely N-dealkylation sites (tertiary alicyclic amines) is 1. The van der Waals surface area contributed by atoms with E-state index in [2.05, 4.69) is 27.2 Å². The zero-order chi connectivity index (χ0) is 22.2. The third kappa shape index (κ3) is 5.39. The van der Waals surface area contributed by atoms with Crippen molar-refractivity contribution in [3.8, 4) is 5.75 Å². The zero-order valence-corrected chi connectivity index (χ0v) is 18.1. The van der Waals surface area contributed by atoms with Crippen LogP contribution < -0.4 is 15.4 Å². The highest BCUT2D eigenvalue weighted by Gasteiger charge is 2.26. The molecule has 8 heteroatoms. The quantitative estimate of drug-likeness (QED) is 0.472. The van der Waals surface area contributed by atoms with Crippen molar-refractivity contribution in [1.29, 1.82) is 0 Å². The summed E-state index contributed by atoms with van der Waals surface area (Å²) in [7, 11) is 0. The Morgan fingerprint density at radius 1 is 1.23 bits per heavy atom. The Labute approximate surface area is 182 Å². The van der Waals surface area contributed by atoms with E-state index in [0.717, 1.165) is 12.8 Å². The molecule has 2 aromatic rings. The topological polar surface area (TPSA) is 96.5 Å². The Kier molecular flexibility index (Phi) is 7.59. The van der Waals surface area contributed by atoms with Crippen LogP contribution in [0.3, 0.4) is 0 Å². The van der Waals surface area contributed by atoms with Crippen LogP contribution in [0.15, 0.2) is 43.2 Å². The van der Waals surface area contributed by atoms with Crippen molar-refractivity contribution in [2.24, 2.45) is 0 Å². The van der Waals surface area contributed by atoms with Gasteiger partial charge in [-0.05, 0) is 57.0 Å². The van der Waals surface area contributed by atoms with E-state index in [4.69, 9.17) is 4.74 Å². The number of carbonyl (C=O) groups is 2. The van der Waals surface area contributed by atoms with Crippen molar-refractivity contribution in [2.45, 2.75) is 32.7 Å². The molecule has 2 heterocycles. The minimum Gasteiger partial charge on any atom is -0.494 e. The Hall–Kier alpha value is -3.42. The lowest BCUT2D eigenvalue weighted by molar-refractivity contribution is -0.127. The van der Waals surface area contributed by atoms with E-state index in [9.17, 15) is 9.59 Å². The summed E-state index contributed by atoms with van der Waals surface area (Å²) in [6.07, 6.45) is 4.50. The number of rotatable bonds is 9. The number of nitrogens with one attached hydrogen (secondary N) is 2. The van der Waals surface area contributed by atoms with Gasteiger partial charge < -0.3 is 20.3 Å². The number of carbonyl (C=O) groups excluding carboxylic acids is 2. The molecule has 1 aliphatic rings. The molecule has 164 valence electrons. The SMILES string of the molecule is C=CC(=O)N1CCC[C@@H](Nc2ncnc(NCC)c2C(=O)c2ccc(OCC)cc2)C1. The maximum absolute atomic E-state index is 13.4. The second kappa shape index (κ2) is 10.6. The van der Waals surface area contributed by atoms with Crippen LogP contribution in [0.25, 0.3) is 0 Å². The Bertz CT molecular complexity index is 929.